The molecule has 2 N–H and O–H groups in total. The van der Waals surface area contributed by atoms with Gasteiger partial charge in [-0.2, -0.15) is 5.26 Å². The van der Waals surface area contributed by atoms with Gasteiger partial charge < -0.3 is 5.32 Å². The van der Waals surface area contributed by atoms with Crippen molar-refractivity contribution in [1.29, 1.82) is 5.26 Å². The number of sulfonamides is 1. The molecule has 0 bridgehead atoms. The fourth-order valence-corrected chi connectivity index (χ4v) is 1.99. The van der Waals surface area contributed by atoms with E-state index in [1.807, 2.05) is 25.1 Å². The molecule has 0 aromatic heterocycles. The first kappa shape index (κ1) is 14.5. The summed E-state index contributed by atoms with van der Waals surface area (Å²) in [6, 6.07) is 7.73. The Kier molecular flexibility index (Phi) is 5.13. The highest BCUT2D eigenvalue weighted by Crippen LogP contribution is 2.15. The molecule has 0 saturated heterocycles. The Morgan fingerprint density at radius 3 is 2.67 bits per heavy atom. The van der Waals surface area contributed by atoms with Crippen LogP contribution in [-0.2, 0) is 10.0 Å². The summed E-state index contributed by atoms with van der Waals surface area (Å²) in [5, 5.41) is 12.1. The highest BCUT2D eigenvalue weighted by atomic mass is 32.2. The molecule has 5 nitrogen and oxygen atoms in total. The maximum absolute atomic E-state index is 10.8. The molecule has 1 rings (SSSR count). The van der Waals surface area contributed by atoms with Gasteiger partial charge in [0.25, 0.3) is 0 Å². The number of nitriles is 1. The lowest BCUT2D eigenvalue weighted by atomic mass is 10.1. The highest BCUT2D eigenvalue weighted by Gasteiger charge is 2.02. The molecule has 0 aliphatic rings. The SMILES string of the molecule is Cc1ccc(NCCCNS(C)(=O)=O)c(C#N)c1. The van der Waals surface area contributed by atoms with Gasteiger partial charge in [-0.05, 0) is 31.0 Å². The van der Waals surface area contributed by atoms with Gasteiger partial charge >= 0.3 is 0 Å². The Hall–Kier alpha value is -1.58. The maximum Gasteiger partial charge on any atom is 0.208 e. The second kappa shape index (κ2) is 6.38. The lowest BCUT2D eigenvalue weighted by molar-refractivity contribution is 0.586. The van der Waals surface area contributed by atoms with Gasteiger partial charge in [-0.15, -0.1) is 0 Å². The Bertz CT molecular complexity index is 547. The van der Waals surface area contributed by atoms with E-state index in [0.29, 0.717) is 25.1 Å². The summed E-state index contributed by atoms with van der Waals surface area (Å²) in [4.78, 5) is 0. The van der Waals surface area contributed by atoms with Crippen LogP contribution in [0.4, 0.5) is 5.69 Å². The molecule has 1 aromatic carbocycles. The molecule has 0 aliphatic carbocycles. The zero-order chi connectivity index (χ0) is 13.6. The molecule has 0 atom stereocenters. The van der Waals surface area contributed by atoms with E-state index in [-0.39, 0.29) is 0 Å². The normalized spacial score (nSPS) is 10.9. The number of hydrogen-bond acceptors (Lipinski definition) is 4. The monoisotopic (exact) mass is 267 g/mol. The van der Waals surface area contributed by atoms with Crippen LogP contribution in [0.25, 0.3) is 0 Å². The van der Waals surface area contributed by atoms with Gasteiger partial charge in [-0.25, -0.2) is 13.1 Å². The molecule has 6 heteroatoms. The zero-order valence-electron chi connectivity index (χ0n) is 10.5. The van der Waals surface area contributed by atoms with Crippen LogP contribution < -0.4 is 10.0 Å². The molecule has 0 saturated carbocycles. The van der Waals surface area contributed by atoms with Crippen molar-refractivity contribution in [3.8, 4) is 6.07 Å². The van der Waals surface area contributed by atoms with E-state index in [1.165, 1.54) is 0 Å². The van der Waals surface area contributed by atoms with E-state index < -0.39 is 10.0 Å². The smallest absolute Gasteiger partial charge is 0.208 e. The minimum atomic E-state index is -3.12. The van der Waals surface area contributed by atoms with E-state index in [0.717, 1.165) is 17.5 Å². The first-order valence-electron chi connectivity index (χ1n) is 5.61. The third kappa shape index (κ3) is 5.17. The molecule has 0 aliphatic heterocycles. The van der Waals surface area contributed by atoms with Crippen LogP contribution in [0.5, 0.6) is 0 Å². The van der Waals surface area contributed by atoms with Crippen molar-refractivity contribution in [3.05, 3.63) is 29.3 Å². The number of anilines is 1. The molecule has 0 unspecified atom stereocenters. The molecule has 0 spiro atoms. The van der Waals surface area contributed by atoms with Gasteiger partial charge in [0.05, 0.1) is 17.5 Å². The second-order valence-corrected chi connectivity index (χ2v) is 5.94. The van der Waals surface area contributed by atoms with Crippen molar-refractivity contribution >= 4 is 15.7 Å². The van der Waals surface area contributed by atoms with Gasteiger partial charge in [0.2, 0.25) is 10.0 Å². The van der Waals surface area contributed by atoms with Gasteiger partial charge in [0, 0.05) is 13.1 Å². The van der Waals surface area contributed by atoms with Crippen LogP contribution in [0.15, 0.2) is 18.2 Å². The average Bonchev–Trinajstić information content (AvgIpc) is 2.28. The molecular formula is C12H17N3O2S. The Labute approximate surface area is 108 Å². The van der Waals surface area contributed by atoms with Crippen LogP contribution in [-0.4, -0.2) is 27.8 Å². The number of nitrogens with zero attached hydrogens (tertiary/aromatic N) is 1. The third-order valence-corrected chi connectivity index (χ3v) is 3.06. The molecule has 0 heterocycles. The van der Waals surface area contributed by atoms with E-state index in [2.05, 4.69) is 16.1 Å². The van der Waals surface area contributed by atoms with Gasteiger partial charge in [-0.3, -0.25) is 0 Å². The quantitative estimate of drug-likeness (QED) is 0.759. The van der Waals surface area contributed by atoms with Crippen molar-refractivity contribution in [3.63, 3.8) is 0 Å². The summed E-state index contributed by atoms with van der Waals surface area (Å²) in [7, 11) is -3.12. The predicted octanol–water partition coefficient (Wildman–Crippen LogP) is 1.22. The van der Waals surface area contributed by atoms with Crippen LogP contribution in [0.2, 0.25) is 0 Å². The van der Waals surface area contributed by atoms with E-state index in [1.54, 1.807) is 0 Å². The molecule has 0 radical (unpaired) electrons. The molecule has 0 fully saturated rings. The van der Waals surface area contributed by atoms with E-state index >= 15 is 0 Å². The van der Waals surface area contributed by atoms with Crippen molar-refractivity contribution in [2.75, 3.05) is 24.7 Å². The number of benzene rings is 1. The highest BCUT2D eigenvalue weighted by molar-refractivity contribution is 7.88. The fourth-order valence-electron chi connectivity index (χ4n) is 1.47. The molecule has 98 valence electrons. The molecule has 0 amide bonds. The first-order valence-corrected chi connectivity index (χ1v) is 7.51. The summed E-state index contributed by atoms with van der Waals surface area (Å²) < 4.78 is 24.1. The van der Waals surface area contributed by atoms with E-state index in [9.17, 15) is 8.42 Å². The maximum atomic E-state index is 10.8. The molecule has 18 heavy (non-hydrogen) atoms. The van der Waals surface area contributed by atoms with Gasteiger partial charge in [-0.1, -0.05) is 6.07 Å². The Balaban J connectivity index is 2.43. The van der Waals surface area contributed by atoms with Crippen LogP contribution >= 0.6 is 0 Å². The minimum Gasteiger partial charge on any atom is -0.384 e. The summed E-state index contributed by atoms with van der Waals surface area (Å²) in [6.07, 6.45) is 1.79. The standard InChI is InChI=1S/C12H17N3O2S/c1-10-4-5-12(11(8-10)9-13)14-6-3-7-15-18(2,16)17/h4-5,8,14-15H,3,6-7H2,1-2H3. The molecule has 1 aromatic rings. The second-order valence-electron chi connectivity index (χ2n) is 4.11. The number of rotatable bonds is 6. The van der Waals surface area contributed by atoms with Crippen molar-refractivity contribution < 1.29 is 8.42 Å². The summed E-state index contributed by atoms with van der Waals surface area (Å²) in [5.74, 6) is 0. The van der Waals surface area contributed by atoms with Gasteiger partial charge in [0.1, 0.15) is 6.07 Å². The van der Waals surface area contributed by atoms with Crippen molar-refractivity contribution in [2.24, 2.45) is 0 Å². The first-order chi connectivity index (χ1) is 8.42. The predicted molar refractivity (Wildman–Crippen MR) is 71.8 cm³/mol. The molecular weight excluding hydrogens is 250 g/mol. The number of nitrogens with one attached hydrogen (secondary N) is 2. The van der Waals surface area contributed by atoms with Crippen molar-refractivity contribution in [2.45, 2.75) is 13.3 Å². The topological polar surface area (TPSA) is 82.0 Å². The Morgan fingerprint density at radius 2 is 2.06 bits per heavy atom. The van der Waals surface area contributed by atoms with Gasteiger partial charge in [0.15, 0.2) is 0 Å². The fraction of sp³-hybridized carbons (Fsp3) is 0.417. The number of aryl methyl sites for hydroxylation is 1. The van der Waals surface area contributed by atoms with E-state index in [4.69, 9.17) is 5.26 Å². The van der Waals surface area contributed by atoms with Crippen LogP contribution in [0.3, 0.4) is 0 Å². The van der Waals surface area contributed by atoms with Crippen LogP contribution in [0.1, 0.15) is 17.5 Å². The van der Waals surface area contributed by atoms with Crippen molar-refractivity contribution in [1.82, 2.24) is 4.72 Å². The average molecular weight is 267 g/mol. The lowest BCUT2D eigenvalue weighted by Crippen LogP contribution is -2.24. The third-order valence-electron chi connectivity index (χ3n) is 2.33. The summed E-state index contributed by atoms with van der Waals surface area (Å²) in [6.45, 7) is 2.93. The zero-order valence-corrected chi connectivity index (χ0v) is 11.3. The number of hydrogen-bond donors (Lipinski definition) is 2. The summed E-state index contributed by atoms with van der Waals surface area (Å²) in [5.41, 5.74) is 2.42. The summed E-state index contributed by atoms with van der Waals surface area (Å²) >= 11 is 0. The largest absolute Gasteiger partial charge is 0.384 e. The minimum absolute atomic E-state index is 0.388. The Morgan fingerprint density at radius 1 is 1.33 bits per heavy atom. The lowest BCUT2D eigenvalue weighted by Gasteiger charge is -2.08. The van der Waals surface area contributed by atoms with Crippen LogP contribution in [0, 0.1) is 18.3 Å².